The molecular weight excluding hydrogens is 173 g/mol. The predicted molar refractivity (Wildman–Crippen MR) is 46.4 cm³/mol. The van der Waals surface area contributed by atoms with E-state index in [1.165, 1.54) is 0 Å². The van der Waals surface area contributed by atoms with Crippen LogP contribution in [0.15, 0.2) is 24.3 Å². The summed E-state index contributed by atoms with van der Waals surface area (Å²) in [5.41, 5.74) is 0.565. The van der Waals surface area contributed by atoms with Crippen molar-refractivity contribution in [1.29, 1.82) is 0 Å². The molecule has 11 heavy (non-hydrogen) atoms. The van der Waals surface area contributed by atoms with Crippen molar-refractivity contribution in [2.45, 2.75) is 0 Å². The van der Waals surface area contributed by atoms with E-state index in [9.17, 15) is 8.42 Å². The van der Waals surface area contributed by atoms with Gasteiger partial charge in [0, 0.05) is 5.69 Å². The van der Waals surface area contributed by atoms with Crippen LogP contribution in [-0.2, 0) is 10.9 Å². The van der Waals surface area contributed by atoms with E-state index in [0.717, 1.165) is 0 Å². The Morgan fingerprint density at radius 3 is 2.27 bits per heavy atom. The molecule has 1 N–H and O–H groups in total. The second-order valence-corrected chi connectivity index (χ2v) is 2.40. The summed E-state index contributed by atoms with van der Waals surface area (Å²) in [6.07, 6.45) is 0. The molecule has 5 heteroatoms. The summed E-state index contributed by atoms with van der Waals surface area (Å²) in [5.74, 6) is 0. The first kappa shape index (κ1) is 11.0. The van der Waals surface area contributed by atoms with Crippen molar-refractivity contribution < 1.29 is 8.42 Å². The Morgan fingerprint density at radius 2 is 1.82 bits per heavy atom. The van der Waals surface area contributed by atoms with Crippen LogP contribution in [-0.4, -0.2) is 38.0 Å². The number of thiol groups is 1. The van der Waals surface area contributed by atoms with Crippen LogP contribution in [0.2, 0.25) is 0 Å². The molecule has 0 heterocycles. The molecule has 0 saturated heterocycles. The number of hydrogen-bond donors (Lipinski definition) is 2. The zero-order chi connectivity index (χ0) is 7.40. The fourth-order valence-corrected chi connectivity index (χ4v) is 0.927. The summed E-state index contributed by atoms with van der Waals surface area (Å²) < 4.78 is 22.4. The van der Waals surface area contributed by atoms with Gasteiger partial charge in [-0.3, -0.25) is 4.72 Å². The SMILES string of the molecule is O=[SH](=O)Nc1cc[c]cc1.[NaH]. The van der Waals surface area contributed by atoms with Crippen LogP contribution < -0.4 is 4.72 Å². The first-order valence-corrected chi connectivity index (χ1v) is 3.84. The summed E-state index contributed by atoms with van der Waals surface area (Å²) >= 11 is 0. The third kappa shape index (κ3) is 4.42. The van der Waals surface area contributed by atoms with Gasteiger partial charge >= 0.3 is 29.6 Å². The number of nitrogens with one attached hydrogen (secondary N) is 1. The Balaban J connectivity index is 0.000001000. The fraction of sp³-hybridized carbons (Fsp3) is 0. The van der Waals surface area contributed by atoms with Crippen molar-refractivity contribution >= 4 is 46.1 Å². The quantitative estimate of drug-likeness (QED) is 0.488. The van der Waals surface area contributed by atoms with Gasteiger partial charge in [0.1, 0.15) is 0 Å². The minimum atomic E-state index is -2.54. The summed E-state index contributed by atoms with van der Waals surface area (Å²) in [6, 6.07) is 9.31. The van der Waals surface area contributed by atoms with E-state index in [1.54, 1.807) is 24.3 Å². The average Bonchev–Trinajstić information content (AvgIpc) is 1.88. The molecule has 0 bridgehead atoms. The molecule has 1 radical (unpaired) electrons. The van der Waals surface area contributed by atoms with Gasteiger partial charge in [-0.15, -0.1) is 0 Å². The van der Waals surface area contributed by atoms with Crippen LogP contribution in [0, 0.1) is 6.07 Å². The second-order valence-electron chi connectivity index (χ2n) is 1.66. The number of anilines is 1. The average molecular weight is 180 g/mol. The molecule has 0 aliphatic rings. The van der Waals surface area contributed by atoms with Gasteiger partial charge < -0.3 is 0 Å². The molecular formula is C6H7NNaO2S. The van der Waals surface area contributed by atoms with E-state index in [2.05, 4.69) is 10.8 Å². The summed E-state index contributed by atoms with van der Waals surface area (Å²) in [7, 11) is -2.54. The fourth-order valence-electron chi connectivity index (χ4n) is 0.567. The van der Waals surface area contributed by atoms with E-state index in [4.69, 9.17) is 0 Å². The van der Waals surface area contributed by atoms with Gasteiger partial charge in [-0.2, -0.15) is 0 Å². The minimum absolute atomic E-state index is 0. The molecule has 1 aromatic rings. The molecule has 0 aromatic heterocycles. The van der Waals surface area contributed by atoms with Crippen molar-refractivity contribution in [3.63, 3.8) is 0 Å². The standard InChI is InChI=1S/C6H6NO2S.Na.H/c8-10(9)7-6-4-2-1-3-5-6;;/h2-5,10H,(H,7,8,9);;. The molecule has 0 atom stereocenters. The number of hydrogen-bond acceptors (Lipinski definition) is 2. The molecule has 1 aromatic carbocycles. The molecule has 1 rings (SSSR count). The first-order chi connectivity index (χ1) is 4.79. The third-order valence-electron chi connectivity index (χ3n) is 0.939. The van der Waals surface area contributed by atoms with Crippen molar-refractivity contribution in [2.24, 2.45) is 0 Å². The number of rotatable bonds is 2. The molecule has 0 spiro atoms. The van der Waals surface area contributed by atoms with Crippen molar-refractivity contribution in [3.8, 4) is 0 Å². The molecule has 0 aliphatic heterocycles. The van der Waals surface area contributed by atoms with Gasteiger partial charge in [-0.1, -0.05) is 12.1 Å². The Labute approximate surface area is 89.2 Å². The number of benzene rings is 1. The predicted octanol–water partition coefficient (Wildman–Crippen LogP) is -0.223. The van der Waals surface area contributed by atoms with Crippen molar-refractivity contribution in [1.82, 2.24) is 0 Å². The van der Waals surface area contributed by atoms with E-state index in [-0.39, 0.29) is 29.6 Å². The second kappa shape index (κ2) is 5.60. The van der Waals surface area contributed by atoms with Gasteiger partial charge in [-0.05, 0) is 18.2 Å². The molecule has 0 amide bonds. The van der Waals surface area contributed by atoms with Gasteiger partial charge in [0.05, 0.1) is 0 Å². The van der Waals surface area contributed by atoms with Gasteiger partial charge in [0.2, 0.25) is 10.9 Å². The third-order valence-corrected chi connectivity index (χ3v) is 1.38. The molecule has 0 unspecified atom stereocenters. The molecule has 0 aliphatic carbocycles. The van der Waals surface area contributed by atoms with Crippen LogP contribution >= 0.6 is 0 Å². The Morgan fingerprint density at radius 1 is 1.27 bits per heavy atom. The van der Waals surface area contributed by atoms with E-state index < -0.39 is 10.9 Å². The Bertz CT molecular complexity index is 265. The van der Waals surface area contributed by atoms with Crippen LogP contribution in [0.5, 0.6) is 0 Å². The zero-order valence-corrected chi connectivity index (χ0v) is 5.97. The maximum atomic E-state index is 10.1. The summed E-state index contributed by atoms with van der Waals surface area (Å²) in [4.78, 5) is 0. The van der Waals surface area contributed by atoms with Crippen molar-refractivity contribution in [3.05, 3.63) is 30.3 Å². The van der Waals surface area contributed by atoms with Crippen LogP contribution in [0.1, 0.15) is 0 Å². The van der Waals surface area contributed by atoms with Crippen LogP contribution in [0.25, 0.3) is 0 Å². The van der Waals surface area contributed by atoms with Gasteiger partial charge in [0.25, 0.3) is 0 Å². The molecule has 3 nitrogen and oxygen atoms in total. The first-order valence-electron chi connectivity index (χ1n) is 2.66. The van der Waals surface area contributed by atoms with Gasteiger partial charge in [-0.25, -0.2) is 8.42 Å². The molecule has 55 valence electrons. The summed E-state index contributed by atoms with van der Waals surface area (Å²) in [5, 5.41) is 0. The molecule has 0 fully saturated rings. The maximum absolute atomic E-state index is 10.1. The van der Waals surface area contributed by atoms with Gasteiger partial charge in [0.15, 0.2) is 0 Å². The monoisotopic (exact) mass is 180 g/mol. The topological polar surface area (TPSA) is 46.2 Å². The zero-order valence-electron chi connectivity index (χ0n) is 5.07. The van der Waals surface area contributed by atoms with E-state index in [1.807, 2.05) is 0 Å². The summed E-state index contributed by atoms with van der Waals surface area (Å²) in [6.45, 7) is 0. The van der Waals surface area contributed by atoms with Crippen LogP contribution in [0.4, 0.5) is 5.69 Å². The van der Waals surface area contributed by atoms with E-state index in [0.29, 0.717) is 5.69 Å². The van der Waals surface area contributed by atoms with E-state index >= 15 is 0 Å². The van der Waals surface area contributed by atoms with Crippen molar-refractivity contribution in [2.75, 3.05) is 4.72 Å². The Kier molecular flexibility index (Phi) is 5.58. The molecule has 0 saturated carbocycles. The Hall–Kier alpha value is -0.0300. The van der Waals surface area contributed by atoms with Crippen LogP contribution in [0.3, 0.4) is 0 Å². The normalized spacial score (nSPS) is 8.82.